The van der Waals surface area contributed by atoms with Gasteiger partial charge in [0.2, 0.25) is 0 Å². The van der Waals surface area contributed by atoms with Gasteiger partial charge in [0, 0.05) is 11.3 Å². The molecule has 0 aliphatic rings. The first kappa shape index (κ1) is 20.5. The van der Waals surface area contributed by atoms with Gasteiger partial charge in [0.15, 0.2) is 0 Å². The van der Waals surface area contributed by atoms with Crippen molar-refractivity contribution in [2.75, 3.05) is 5.32 Å². The first-order valence-electron chi connectivity index (χ1n) is 9.56. The van der Waals surface area contributed by atoms with Crippen LogP contribution < -0.4 is 14.8 Å². The number of carbonyl (C=O) groups is 1. The smallest absolute Gasteiger partial charge is 0.255 e. The van der Waals surface area contributed by atoms with Gasteiger partial charge in [-0.2, -0.15) is 0 Å². The van der Waals surface area contributed by atoms with Crippen LogP contribution in [0, 0.1) is 20.8 Å². The maximum absolute atomic E-state index is 12.6. The Labute approximate surface area is 170 Å². The molecule has 0 atom stereocenters. The number of benzene rings is 2. The van der Waals surface area contributed by atoms with Gasteiger partial charge >= 0.3 is 0 Å². The Morgan fingerprint density at radius 2 is 1.76 bits per heavy atom. The molecule has 0 saturated heterocycles. The van der Waals surface area contributed by atoms with E-state index < -0.39 is 0 Å². The lowest BCUT2D eigenvalue weighted by molar-refractivity contribution is 0.102. The van der Waals surface area contributed by atoms with E-state index in [9.17, 15) is 4.79 Å². The molecule has 152 valence electrons. The Morgan fingerprint density at radius 1 is 1.07 bits per heavy atom. The third kappa shape index (κ3) is 5.16. The van der Waals surface area contributed by atoms with Crippen molar-refractivity contribution in [3.63, 3.8) is 0 Å². The third-order valence-corrected chi connectivity index (χ3v) is 4.50. The zero-order valence-electron chi connectivity index (χ0n) is 17.4. The predicted octanol–water partition coefficient (Wildman–Crippen LogP) is 5.22. The van der Waals surface area contributed by atoms with Gasteiger partial charge in [0.25, 0.3) is 5.91 Å². The van der Waals surface area contributed by atoms with Crippen LogP contribution in [0.5, 0.6) is 11.5 Å². The van der Waals surface area contributed by atoms with Crippen molar-refractivity contribution in [1.82, 2.24) is 5.16 Å². The minimum absolute atomic E-state index is 0.105. The largest absolute Gasteiger partial charge is 0.491 e. The summed E-state index contributed by atoms with van der Waals surface area (Å²) in [4.78, 5) is 12.6. The molecule has 0 spiro atoms. The number of aryl methyl sites for hydroxylation is 3. The number of ether oxygens (including phenoxy) is 2. The number of carbonyl (C=O) groups excluding carboxylic acids is 1. The quantitative estimate of drug-likeness (QED) is 0.595. The lowest BCUT2D eigenvalue weighted by atomic mass is 10.1. The molecule has 0 aliphatic heterocycles. The van der Waals surface area contributed by atoms with Crippen molar-refractivity contribution in [1.29, 1.82) is 0 Å². The van der Waals surface area contributed by atoms with Crippen molar-refractivity contribution in [3.8, 4) is 11.5 Å². The molecule has 1 N–H and O–H groups in total. The van der Waals surface area contributed by atoms with Crippen LogP contribution >= 0.6 is 0 Å². The molecular formula is C23H26N2O4. The van der Waals surface area contributed by atoms with Gasteiger partial charge in [0.1, 0.15) is 23.9 Å². The van der Waals surface area contributed by atoms with E-state index in [0.717, 1.165) is 34.0 Å². The van der Waals surface area contributed by atoms with Crippen molar-refractivity contribution >= 4 is 11.6 Å². The second-order valence-corrected chi connectivity index (χ2v) is 7.21. The summed E-state index contributed by atoms with van der Waals surface area (Å²) in [5.41, 5.74) is 4.00. The van der Waals surface area contributed by atoms with E-state index in [1.807, 2.05) is 52.8 Å². The summed E-state index contributed by atoms with van der Waals surface area (Å²) in [5.74, 6) is 2.03. The molecule has 1 amide bonds. The number of nitrogens with one attached hydrogen (secondary N) is 1. The molecule has 6 nitrogen and oxygen atoms in total. The normalized spacial score (nSPS) is 10.8. The summed E-state index contributed by atoms with van der Waals surface area (Å²) in [6.45, 7) is 10.0. The topological polar surface area (TPSA) is 73.6 Å². The highest BCUT2D eigenvalue weighted by Crippen LogP contribution is 2.23. The Kier molecular flexibility index (Phi) is 6.22. The standard InChI is InChI=1S/C23H26N2O4/c1-14(2)28-20-10-11-22(15(3)12-20)24-23(26)18-6-8-19(9-7-18)27-13-21-16(4)25-29-17(21)5/h6-12,14H,13H2,1-5H3,(H,24,26). The number of aromatic nitrogens is 1. The molecule has 3 rings (SSSR count). The van der Waals surface area contributed by atoms with Gasteiger partial charge in [-0.05, 0) is 82.6 Å². The van der Waals surface area contributed by atoms with E-state index in [2.05, 4.69) is 10.5 Å². The second kappa shape index (κ2) is 8.82. The van der Waals surface area contributed by atoms with Gasteiger partial charge in [-0.15, -0.1) is 0 Å². The first-order chi connectivity index (χ1) is 13.8. The molecule has 2 aromatic carbocycles. The van der Waals surface area contributed by atoms with E-state index in [1.165, 1.54) is 0 Å². The first-order valence-corrected chi connectivity index (χ1v) is 9.56. The number of hydrogen-bond donors (Lipinski definition) is 1. The predicted molar refractivity (Wildman–Crippen MR) is 112 cm³/mol. The van der Waals surface area contributed by atoms with E-state index >= 15 is 0 Å². The lowest BCUT2D eigenvalue weighted by Gasteiger charge is -2.13. The summed E-state index contributed by atoms with van der Waals surface area (Å²) < 4.78 is 16.6. The molecular weight excluding hydrogens is 368 g/mol. The number of nitrogens with zero attached hydrogens (tertiary/aromatic N) is 1. The number of anilines is 1. The van der Waals surface area contributed by atoms with Gasteiger partial charge in [-0.3, -0.25) is 4.79 Å². The Balaban J connectivity index is 1.61. The van der Waals surface area contributed by atoms with Crippen LogP contribution in [0.1, 0.15) is 46.8 Å². The van der Waals surface area contributed by atoms with Crippen LogP contribution in [0.15, 0.2) is 47.0 Å². The summed E-state index contributed by atoms with van der Waals surface area (Å²) in [6, 6.07) is 12.7. The summed E-state index contributed by atoms with van der Waals surface area (Å²) in [5, 5.41) is 6.86. The zero-order chi connectivity index (χ0) is 21.0. The molecule has 3 aromatic rings. The number of hydrogen-bond acceptors (Lipinski definition) is 5. The monoisotopic (exact) mass is 394 g/mol. The SMILES string of the molecule is Cc1cc(OC(C)C)ccc1NC(=O)c1ccc(OCc2c(C)noc2C)cc1. The number of amides is 1. The molecule has 0 radical (unpaired) electrons. The minimum atomic E-state index is -0.178. The van der Waals surface area contributed by atoms with Crippen LogP contribution in [0.25, 0.3) is 0 Å². The Bertz CT molecular complexity index is 971. The minimum Gasteiger partial charge on any atom is -0.491 e. The fourth-order valence-electron chi connectivity index (χ4n) is 2.88. The van der Waals surface area contributed by atoms with Crippen molar-refractivity contribution in [2.24, 2.45) is 0 Å². The second-order valence-electron chi connectivity index (χ2n) is 7.21. The molecule has 0 bridgehead atoms. The summed E-state index contributed by atoms with van der Waals surface area (Å²) in [7, 11) is 0. The van der Waals surface area contributed by atoms with E-state index in [-0.39, 0.29) is 12.0 Å². The Morgan fingerprint density at radius 3 is 2.34 bits per heavy atom. The highest BCUT2D eigenvalue weighted by Gasteiger charge is 2.11. The lowest BCUT2D eigenvalue weighted by Crippen LogP contribution is -2.13. The van der Waals surface area contributed by atoms with Gasteiger partial charge < -0.3 is 19.3 Å². The third-order valence-electron chi connectivity index (χ3n) is 4.50. The fourth-order valence-corrected chi connectivity index (χ4v) is 2.88. The Hall–Kier alpha value is -3.28. The number of rotatable bonds is 7. The molecule has 1 heterocycles. The van der Waals surface area contributed by atoms with Crippen LogP contribution in [0.4, 0.5) is 5.69 Å². The molecule has 0 aliphatic carbocycles. The van der Waals surface area contributed by atoms with E-state index in [0.29, 0.717) is 17.9 Å². The maximum atomic E-state index is 12.6. The van der Waals surface area contributed by atoms with Crippen LogP contribution in [-0.2, 0) is 6.61 Å². The van der Waals surface area contributed by atoms with Crippen LogP contribution in [0.3, 0.4) is 0 Å². The molecule has 0 saturated carbocycles. The summed E-state index contributed by atoms with van der Waals surface area (Å²) in [6.07, 6.45) is 0.105. The molecule has 6 heteroatoms. The summed E-state index contributed by atoms with van der Waals surface area (Å²) >= 11 is 0. The molecule has 0 fully saturated rings. The fraction of sp³-hybridized carbons (Fsp3) is 0.304. The van der Waals surface area contributed by atoms with Gasteiger partial charge in [0.05, 0.1) is 17.4 Å². The van der Waals surface area contributed by atoms with Crippen LogP contribution in [-0.4, -0.2) is 17.2 Å². The highest BCUT2D eigenvalue weighted by molar-refractivity contribution is 6.04. The van der Waals surface area contributed by atoms with E-state index in [4.69, 9.17) is 14.0 Å². The van der Waals surface area contributed by atoms with Crippen molar-refractivity contribution < 1.29 is 18.8 Å². The maximum Gasteiger partial charge on any atom is 0.255 e. The molecule has 0 unspecified atom stereocenters. The highest BCUT2D eigenvalue weighted by atomic mass is 16.5. The van der Waals surface area contributed by atoms with Crippen molar-refractivity contribution in [3.05, 3.63) is 70.6 Å². The van der Waals surface area contributed by atoms with Crippen LogP contribution in [0.2, 0.25) is 0 Å². The zero-order valence-corrected chi connectivity index (χ0v) is 17.4. The van der Waals surface area contributed by atoms with Gasteiger partial charge in [-0.1, -0.05) is 5.16 Å². The van der Waals surface area contributed by atoms with Gasteiger partial charge in [-0.25, -0.2) is 0 Å². The molecule has 1 aromatic heterocycles. The van der Waals surface area contributed by atoms with Crippen molar-refractivity contribution in [2.45, 2.75) is 47.3 Å². The molecule has 29 heavy (non-hydrogen) atoms. The van der Waals surface area contributed by atoms with E-state index in [1.54, 1.807) is 24.3 Å². The average molecular weight is 394 g/mol. The average Bonchev–Trinajstić information content (AvgIpc) is 3.00.